The summed E-state index contributed by atoms with van der Waals surface area (Å²) in [4.78, 5) is 31.9. The minimum absolute atomic E-state index is 0.0771. The maximum absolute atomic E-state index is 11.3. The van der Waals surface area contributed by atoms with Gasteiger partial charge < -0.3 is 5.11 Å². The Morgan fingerprint density at radius 2 is 1.67 bits per heavy atom. The van der Waals surface area contributed by atoms with Crippen LogP contribution in [0.25, 0.3) is 0 Å². The lowest BCUT2D eigenvalue weighted by Crippen LogP contribution is -2.20. The van der Waals surface area contributed by atoms with Gasteiger partial charge in [0.15, 0.2) is 0 Å². The molecule has 1 rings (SSSR count). The largest absolute Gasteiger partial charge is 0.478 e. The SMILES string of the molecule is CN(N=O)C(=O)c1ccc(C(=O)O)cc1. The van der Waals surface area contributed by atoms with Crippen LogP contribution in [0, 0.1) is 4.91 Å². The molecule has 0 aliphatic heterocycles. The molecule has 0 spiro atoms. The van der Waals surface area contributed by atoms with Crippen molar-refractivity contribution >= 4 is 11.9 Å². The number of carbonyl (C=O) groups excluding carboxylic acids is 1. The lowest BCUT2D eigenvalue weighted by Gasteiger charge is -2.06. The van der Waals surface area contributed by atoms with Crippen LogP contribution in [0.2, 0.25) is 0 Å². The van der Waals surface area contributed by atoms with Gasteiger partial charge in [-0.1, -0.05) is 0 Å². The number of hydrogen-bond acceptors (Lipinski definition) is 4. The predicted molar refractivity (Wildman–Crippen MR) is 51.3 cm³/mol. The fraction of sp³-hybridized carbons (Fsp3) is 0.111. The molecule has 0 unspecified atom stereocenters. The van der Waals surface area contributed by atoms with Gasteiger partial charge in [0, 0.05) is 12.6 Å². The third-order valence-electron chi connectivity index (χ3n) is 1.80. The van der Waals surface area contributed by atoms with Crippen molar-refractivity contribution in [2.75, 3.05) is 7.05 Å². The van der Waals surface area contributed by atoms with Gasteiger partial charge in [-0.3, -0.25) is 4.79 Å². The summed E-state index contributed by atoms with van der Waals surface area (Å²) in [6.45, 7) is 0. The van der Waals surface area contributed by atoms with Crippen LogP contribution in [0.1, 0.15) is 20.7 Å². The summed E-state index contributed by atoms with van der Waals surface area (Å²) in [6.07, 6.45) is 0. The number of aromatic carboxylic acids is 1. The first-order chi connectivity index (χ1) is 7.06. The number of carboxylic acid groups (broad SMARTS) is 1. The third-order valence-corrected chi connectivity index (χ3v) is 1.80. The number of hydrogen-bond donors (Lipinski definition) is 1. The van der Waals surface area contributed by atoms with Gasteiger partial charge in [0.1, 0.15) is 0 Å². The average molecular weight is 208 g/mol. The highest BCUT2D eigenvalue weighted by atomic mass is 16.4. The predicted octanol–water partition coefficient (Wildman–Crippen LogP) is 1.14. The monoisotopic (exact) mass is 208 g/mol. The lowest BCUT2D eigenvalue weighted by atomic mass is 10.1. The van der Waals surface area contributed by atoms with E-state index in [1.807, 2.05) is 0 Å². The number of carboxylic acids is 1. The second kappa shape index (κ2) is 4.32. The van der Waals surface area contributed by atoms with E-state index in [0.29, 0.717) is 5.01 Å². The molecule has 0 bridgehead atoms. The Balaban J connectivity index is 2.94. The summed E-state index contributed by atoms with van der Waals surface area (Å²) in [5.74, 6) is -1.65. The first-order valence-electron chi connectivity index (χ1n) is 4.01. The minimum atomic E-state index is -1.07. The molecule has 0 fully saturated rings. The molecule has 0 aromatic heterocycles. The van der Waals surface area contributed by atoms with Gasteiger partial charge in [-0.25, -0.2) is 4.79 Å². The molecule has 0 atom stereocenters. The molecule has 1 aromatic rings. The Morgan fingerprint density at radius 1 is 1.20 bits per heavy atom. The van der Waals surface area contributed by atoms with Crippen LogP contribution < -0.4 is 0 Å². The highest BCUT2D eigenvalue weighted by Crippen LogP contribution is 2.07. The van der Waals surface area contributed by atoms with Crippen molar-refractivity contribution < 1.29 is 14.7 Å². The molecule has 0 saturated heterocycles. The van der Waals surface area contributed by atoms with E-state index in [0.717, 1.165) is 0 Å². The molecule has 15 heavy (non-hydrogen) atoms. The van der Waals surface area contributed by atoms with Crippen LogP contribution >= 0.6 is 0 Å². The zero-order valence-corrected chi connectivity index (χ0v) is 7.88. The quantitative estimate of drug-likeness (QED) is 0.596. The molecule has 0 aliphatic rings. The van der Waals surface area contributed by atoms with E-state index in [2.05, 4.69) is 5.29 Å². The molecule has 6 nitrogen and oxygen atoms in total. The van der Waals surface area contributed by atoms with Crippen molar-refractivity contribution in [3.05, 3.63) is 40.3 Å². The van der Waals surface area contributed by atoms with Crippen LogP contribution in [0.15, 0.2) is 29.6 Å². The minimum Gasteiger partial charge on any atom is -0.478 e. The van der Waals surface area contributed by atoms with E-state index in [4.69, 9.17) is 5.11 Å². The van der Waals surface area contributed by atoms with Gasteiger partial charge in [0.2, 0.25) is 0 Å². The first-order valence-corrected chi connectivity index (χ1v) is 4.01. The van der Waals surface area contributed by atoms with Crippen molar-refractivity contribution in [1.29, 1.82) is 0 Å². The summed E-state index contributed by atoms with van der Waals surface area (Å²) >= 11 is 0. The molecule has 0 saturated carbocycles. The zero-order valence-electron chi connectivity index (χ0n) is 7.88. The fourth-order valence-corrected chi connectivity index (χ4v) is 0.979. The summed E-state index contributed by atoms with van der Waals surface area (Å²) in [7, 11) is 1.22. The summed E-state index contributed by atoms with van der Waals surface area (Å²) in [5, 5.41) is 11.7. The van der Waals surface area contributed by atoms with E-state index in [-0.39, 0.29) is 11.1 Å². The fourth-order valence-electron chi connectivity index (χ4n) is 0.979. The Hall–Kier alpha value is -2.24. The highest BCUT2D eigenvalue weighted by molar-refractivity contribution is 5.95. The number of amides is 1. The van der Waals surface area contributed by atoms with Gasteiger partial charge in [-0.05, 0) is 24.3 Å². The lowest BCUT2D eigenvalue weighted by molar-refractivity contribution is 0.0695. The van der Waals surface area contributed by atoms with Crippen molar-refractivity contribution in [3.63, 3.8) is 0 Å². The molecule has 1 amide bonds. The Labute approximate surface area is 85.1 Å². The average Bonchev–Trinajstić information content (AvgIpc) is 2.27. The number of rotatable bonds is 3. The Morgan fingerprint density at radius 3 is 2.07 bits per heavy atom. The topological polar surface area (TPSA) is 87.0 Å². The number of benzene rings is 1. The van der Waals surface area contributed by atoms with E-state index in [1.54, 1.807) is 0 Å². The van der Waals surface area contributed by atoms with Crippen LogP contribution in [0.4, 0.5) is 0 Å². The first kappa shape index (κ1) is 10.8. The van der Waals surface area contributed by atoms with Crippen molar-refractivity contribution in [3.8, 4) is 0 Å². The smallest absolute Gasteiger partial charge is 0.335 e. The maximum atomic E-state index is 11.3. The second-order valence-corrected chi connectivity index (χ2v) is 2.79. The van der Waals surface area contributed by atoms with Gasteiger partial charge in [-0.2, -0.15) is 5.01 Å². The molecule has 1 aromatic carbocycles. The van der Waals surface area contributed by atoms with Crippen molar-refractivity contribution in [2.24, 2.45) is 5.29 Å². The van der Waals surface area contributed by atoms with Crippen molar-refractivity contribution in [2.45, 2.75) is 0 Å². The highest BCUT2D eigenvalue weighted by Gasteiger charge is 2.12. The van der Waals surface area contributed by atoms with Crippen LogP contribution in [0.3, 0.4) is 0 Å². The standard InChI is InChI=1S/C9H8N2O4/c1-11(10-15)8(12)6-2-4-7(5-3-6)9(13)14/h2-5H,1H3,(H,13,14). The van der Waals surface area contributed by atoms with Gasteiger partial charge in [0.25, 0.3) is 5.91 Å². The van der Waals surface area contributed by atoms with Crippen LogP contribution in [0.5, 0.6) is 0 Å². The third kappa shape index (κ3) is 2.37. The van der Waals surface area contributed by atoms with Gasteiger partial charge >= 0.3 is 5.97 Å². The molecule has 0 heterocycles. The maximum Gasteiger partial charge on any atom is 0.335 e. The molecule has 1 N–H and O–H groups in total. The van der Waals surface area contributed by atoms with Crippen LogP contribution in [-0.4, -0.2) is 29.0 Å². The van der Waals surface area contributed by atoms with E-state index >= 15 is 0 Å². The number of nitrogens with zero attached hydrogens (tertiary/aromatic N) is 2. The zero-order chi connectivity index (χ0) is 11.4. The molecule has 78 valence electrons. The summed E-state index contributed by atoms with van der Waals surface area (Å²) in [5.41, 5.74) is 0.287. The van der Waals surface area contributed by atoms with Crippen molar-refractivity contribution in [1.82, 2.24) is 5.01 Å². The molecule has 0 radical (unpaired) electrons. The van der Waals surface area contributed by atoms with Gasteiger partial charge in [0.05, 0.1) is 10.8 Å². The Kier molecular flexibility index (Phi) is 3.12. The number of carbonyl (C=O) groups is 2. The number of nitroso groups, excluding NO2 is 1. The van der Waals surface area contributed by atoms with Crippen LogP contribution in [-0.2, 0) is 0 Å². The van der Waals surface area contributed by atoms with Gasteiger partial charge in [-0.15, -0.1) is 4.91 Å². The summed E-state index contributed by atoms with van der Waals surface area (Å²) in [6, 6.07) is 5.23. The normalized spacial score (nSPS) is 9.40. The summed E-state index contributed by atoms with van der Waals surface area (Å²) < 4.78 is 0. The van der Waals surface area contributed by atoms with E-state index < -0.39 is 11.9 Å². The Bertz CT molecular complexity index is 399. The molecule has 0 aliphatic carbocycles. The second-order valence-electron chi connectivity index (χ2n) is 2.79. The molecule has 6 heteroatoms. The molecular weight excluding hydrogens is 200 g/mol. The van der Waals surface area contributed by atoms with E-state index in [1.165, 1.54) is 31.3 Å². The van der Waals surface area contributed by atoms with E-state index in [9.17, 15) is 14.5 Å². The molecular formula is C9H8N2O4.